The second-order valence-corrected chi connectivity index (χ2v) is 7.30. The molecule has 2 amide bonds. The summed E-state index contributed by atoms with van der Waals surface area (Å²) >= 11 is 0. The first-order chi connectivity index (χ1) is 13.1. The largest absolute Gasteiger partial charge is 0.497 e. The summed E-state index contributed by atoms with van der Waals surface area (Å²) in [6.07, 6.45) is 5.77. The van der Waals surface area contributed by atoms with Crippen molar-refractivity contribution in [1.29, 1.82) is 0 Å². The van der Waals surface area contributed by atoms with E-state index in [4.69, 9.17) is 10.5 Å². The van der Waals surface area contributed by atoms with Gasteiger partial charge in [0, 0.05) is 18.8 Å². The summed E-state index contributed by atoms with van der Waals surface area (Å²) in [7, 11) is 1.61. The van der Waals surface area contributed by atoms with Crippen molar-refractivity contribution in [3.8, 4) is 5.75 Å². The van der Waals surface area contributed by atoms with Crippen molar-refractivity contribution in [3.05, 3.63) is 36.4 Å². The quantitative estimate of drug-likeness (QED) is 0.261. The summed E-state index contributed by atoms with van der Waals surface area (Å²) in [5.41, 5.74) is 6.71. The number of carbonyl (C=O) groups excluding carboxylic acids is 2. The van der Waals surface area contributed by atoms with Gasteiger partial charge in [0.15, 0.2) is 5.96 Å². The van der Waals surface area contributed by atoms with E-state index in [1.54, 1.807) is 7.11 Å². The molecule has 7 nitrogen and oxygen atoms in total. The van der Waals surface area contributed by atoms with Crippen LogP contribution in [0, 0.1) is 23.7 Å². The van der Waals surface area contributed by atoms with Crippen molar-refractivity contribution in [3.63, 3.8) is 0 Å². The van der Waals surface area contributed by atoms with Gasteiger partial charge in [-0.25, -0.2) is 0 Å². The number of ether oxygens (including phenoxy) is 1. The molecule has 2 aliphatic carbocycles. The Hall–Kier alpha value is -2.83. The van der Waals surface area contributed by atoms with Crippen LogP contribution < -0.4 is 15.8 Å². The minimum absolute atomic E-state index is 0.00448. The van der Waals surface area contributed by atoms with E-state index >= 15 is 0 Å². The highest BCUT2D eigenvalue weighted by molar-refractivity contribution is 6.06. The van der Waals surface area contributed by atoms with Crippen LogP contribution in [0.3, 0.4) is 0 Å². The number of rotatable bonds is 6. The van der Waals surface area contributed by atoms with E-state index in [9.17, 15) is 9.59 Å². The van der Waals surface area contributed by atoms with Crippen LogP contribution in [0.4, 0.5) is 5.69 Å². The van der Waals surface area contributed by atoms with Crippen molar-refractivity contribution < 1.29 is 14.3 Å². The third-order valence-corrected chi connectivity index (χ3v) is 5.75. The second kappa shape index (κ2) is 7.06. The number of nitrogens with one attached hydrogen (secondary N) is 1. The number of allylic oxidation sites excluding steroid dienone is 2. The summed E-state index contributed by atoms with van der Waals surface area (Å²) in [4.78, 5) is 30.9. The first kappa shape index (κ1) is 17.6. The number of benzene rings is 1. The number of methoxy groups -OCH3 is 1. The first-order valence-corrected chi connectivity index (χ1v) is 9.33. The zero-order valence-electron chi connectivity index (χ0n) is 15.3. The fourth-order valence-electron chi connectivity index (χ4n) is 4.47. The van der Waals surface area contributed by atoms with Crippen molar-refractivity contribution in [2.45, 2.75) is 12.8 Å². The molecular formula is C20H24N4O3. The van der Waals surface area contributed by atoms with Crippen LogP contribution in [0.5, 0.6) is 5.75 Å². The van der Waals surface area contributed by atoms with E-state index < -0.39 is 0 Å². The Kier molecular flexibility index (Phi) is 4.59. The Labute approximate surface area is 158 Å². The molecule has 4 unspecified atom stereocenters. The number of nitrogens with zero attached hydrogens (tertiary/aromatic N) is 2. The number of likely N-dealkylation sites (tertiary alicyclic amines) is 1. The molecule has 0 spiro atoms. The zero-order chi connectivity index (χ0) is 19.0. The molecule has 4 rings (SSSR count). The fourth-order valence-corrected chi connectivity index (χ4v) is 4.47. The molecule has 3 aliphatic rings. The van der Waals surface area contributed by atoms with Gasteiger partial charge in [-0.1, -0.05) is 12.2 Å². The number of guanidine groups is 1. The lowest BCUT2D eigenvalue weighted by atomic mass is 9.85. The lowest BCUT2D eigenvalue weighted by Gasteiger charge is -2.16. The van der Waals surface area contributed by atoms with Gasteiger partial charge in [0.05, 0.1) is 18.9 Å². The third-order valence-electron chi connectivity index (χ3n) is 5.75. The summed E-state index contributed by atoms with van der Waals surface area (Å²) in [5.74, 6) is 1.32. The molecular weight excluding hydrogens is 344 g/mol. The molecule has 3 N–H and O–H groups in total. The van der Waals surface area contributed by atoms with Crippen molar-refractivity contribution in [2.24, 2.45) is 34.4 Å². The number of aliphatic imine (C=N–C) groups is 1. The van der Waals surface area contributed by atoms with Crippen LogP contribution in [-0.2, 0) is 9.59 Å². The van der Waals surface area contributed by atoms with E-state index in [1.807, 2.05) is 24.3 Å². The van der Waals surface area contributed by atoms with Gasteiger partial charge < -0.3 is 15.8 Å². The van der Waals surface area contributed by atoms with Crippen LogP contribution in [-0.4, -0.2) is 42.9 Å². The number of hydrogen-bond donors (Lipinski definition) is 2. The predicted octanol–water partition coefficient (Wildman–Crippen LogP) is 1.62. The van der Waals surface area contributed by atoms with Gasteiger partial charge in [-0.05, 0) is 48.9 Å². The number of carbonyl (C=O) groups is 2. The molecule has 1 aromatic rings. The second-order valence-electron chi connectivity index (χ2n) is 7.30. The molecule has 27 heavy (non-hydrogen) atoms. The molecule has 142 valence electrons. The maximum Gasteiger partial charge on any atom is 0.233 e. The summed E-state index contributed by atoms with van der Waals surface area (Å²) in [5, 5.41) is 3.01. The van der Waals surface area contributed by atoms with Gasteiger partial charge >= 0.3 is 0 Å². The number of hydrogen-bond acceptors (Lipinski definition) is 4. The topological polar surface area (TPSA) is 97.0 Å². The van der Waals surface area contributed by atoms with Crippen LogP contribution >= 0.6 is 0 Å². The van der Waals surface area contributed by atoms with Crippen molar-refractivity contribution >= 4 is 23.5 Å². The van der Waals surface area contributed by atoms with E-state index in [-0.39, 0.29) is 35.5 Å². The average Bonchev–Trinajstić information content (AvgIpc) is 3.35. The lowest BCUT2D eigenvalue weighted by molar-refractivity contribution is -0.140. The summed E-state index contributed by atoms with van der Waals surface area (Å²) in [6.45, 7) is 0.857. The molecule has 7 heteroatoms. The zero-order valence-corrected chi connectivity index (χ0v) is 15.3. The van der Waals surface area contributed by atoms with Gasteiger partial charge in [0.2, 0.25) is 11.8 Å². The Morgan fingerprint density at radius 3 is 2.41 bits per heavy atom. The molecule has 1 heterocycles. The molecule has 2 fully saturated rings. The minimum atomic E-state index is -0.127. The van der Waals surface area contributed by atoms with Crippen molar-refractivity contribution in [2.75, 3.05) is 25.5 Å². The number of fused-ring (bicyclic) bond motifs is 5. The normalized spacial score (nSPS) is 28.8. The molecule has 1 aromatic carbocycles. The molecule has 1 saturated heterocycles. The highest BCUT2D eigenvalue weighted by Crippen LogP contribution is 2.52. The van der Waals surface area contributed by atoms with Gasteiger partial charge in [0.25, 0.3) is 0 Å². The van der Waals surface area contributed by atoms with Crippen LogP contribution in [0.25, 0.3) is 0 Å². The van der Waals surface area contributed by atoms with Crippen LogP contribution in [0.1, 0.15) is 12.8 Å². The molecule has 0 radical (unpaired) electrons. The molecule has 4 atom stereocenters. The summed E-state index contributed by atoms with van der Waals surface area (Å²) in [6, 6.07) is 7.37. The van der Waals surface area contributed by atoms with E-state index in [1.165, 1.54) is 4.90 Å². The third kappa shape index (κ3) is 3.18. The Morgan fingerprint density at radius 1 is 1.19 bits per heavy atom. The monoisotopic (exact) mass is 368 g/mol. The number of amides is 2. The molecule has 2 bridgehead atoms. The molecule has 1 saturated carbocycles. The van der Waals surface area contributed by atoms with Gasteiger partial charge in [0.1, 0.15) is 5.75 Å². The number of imide groups is 1. The molecule has 1 aliphatic heterocycles. The Balaban J connectivity index is 1.27. The highest BCUT2D eigenvalue weighted by Gasteiger charge is 2.58. The van der Waals surface area contributed by atoms with Gasteiger partial charge in [-0.2, -0.15) is 0 Å². The number of anilines is 1. The van der Waals surface area contributed by atoms with Crippen molar-refractivity contribution in [1.82, 2.24) is 4.90 Å². The van der Waals surface area contributed by atoms with E-state index in [2.05, 4.69) is 22.5 Å². The fraction of sp³-hybridized carbons (Fsp3) is 0.450. The number of nitrogens with two attached hydrogens (primary N) is 1. The Morgan fingerprint density at radius 2 is 1.81 bits per heavy atom. The average molecular weight is 368 g/mol. The Bertz CT molecular complexity index is 772. The van der Waals surface area contributed by atoms with E-state index in [0.717, 1.165) is 17.9 Å². The van der Waals surface area contributed by atoms with Gasteiger partial charge in [-0.3, -0.25) is 19.5 Å². The highest BCUT2D eigenvalue weighted by atomic mass is 16.5. The first-order valence-electron chi connectivity index (χ1n) is 9.33. The van der Waals surface area contributed by atoms with Gasteiger partial charge in [-0.15, -0.1) is 0 Å². The van der Waals surface area contributed by atoms with Crippen LogP contribution in [0.2, 0.25) is 0 Å². The van der Waals surface area contributed by atoms with E-state index in [0.29, 0.717) is 25.5 Å². The smallest absolute Gasteiger partial charge is 0.233 e. The maximum absolute atomic E-state index is 12.6. The lowest BCUT2D eigenvalue weighted by Crippen LogP contribution is -2.34. The predicted molar refractivity (Wildman–Crippen MR) is 102 cm³/mol. The molecule has 0 aromatic heterocycles. The minimum Gasteiger partial charge on any atom is -0.497 e. The summed E-state index contributed by atoms with van der Waals surface area (Å²) < 4.78 is 5.11. The standard InChI is InChI=1S/C20H24N4O3/c1-27-15-7-5-14(6-8-15)23-20(21)22-9-2-10-24-18(25)16-12-3-4-13(11-12)17(16)19(24)26/h3-8,12-13,16-17H,2,9-11H2,1H3,(H3,21,22,23). The maximum atomic E-state index is 12.6. The van der Waals surface area contributed by atoms with Crippen LogP contribution in [0.15, 0.2) is 41.4 Å². The SMILES string of the molecule is COc1ccc(NC(N)=NCCCN2C(=O)C3C4C=CC(C4)C3C2=O)cc1.